The summed E-state index contributed by atoms with van der Waals surface area (Å²) in [7, 11) is 1.82. The Hall–Kier alpha value is -2.17. The van der Waals surface area contributed by atoms with Gasteiger partial charge in [-0.15, -0.1) is 0 Å². The molecule has 0 aromatic carbocycles. The summed E-state index contributed by atoms with van der Waals surface area (Å²) >= 11 is 0. The molecule has 1 saturated carbocycles. The Morgan fingerprint density at radius 3 is 2.90 bits per heavy atom. The van der Waals surface area contributed by atoms with Gasteiger partial charge in [-0.25, -0.2) is 4.98 Å². The summed E-state index contributed by atoms with van der Waals surface area (Å²) < 4.78 is 1.73. The van der Waals surface area contributed by atoms with Gasteiger partial charge in [0.15, 0.2) is 0 Å². The van der Waals surface area contributed by atoms with Crippen LogP contribution >= 0.6 is 0 Å². The van der Waals surface area contributed by atoms with Crippen LogP contribution in [0.1, 0.15) is 40.6 Å². The highest BCUT2D eigenvalue weighted by atomic mass is 16.2. The standard InChI is InChI=1S/C15H18N4O/c1-10-4-3-7-17-13(10)14(11-5-6-11)18-15(20)12-8-16-9-19(12)2/h3-4,7-9,11,14H,5-6H2,1-2H3,(H,18,20)/t14-/m0/s1. The highest BCUT2D eigenvalue weighted by molar-refractivity contribution is 5.92. The normalized spacial score (nSPS) is 15.9. The predicted molar refractivity (Wildman–Crippen MR) is 75.1 cm³/mol. The van der Waals surface area contributed by atoms with Gasteiger partial charge in [0.25, 0.3) is 5.91 Å². The highest BCUT2D eigenvalue weighted by Gasteiger charge is 2.35. The van der Waals surface area contributed by atoms with E-state index in [1.807, 2.05) is 26.1 Å². The molecule has 1 fully saturated rings. The van der Waals surface area contributed by atoms with Crippen molar-refractivity contribution < 1.29 is 4.79 Å². The number of aryl methyl sites for hydroxylation is 2. The molecule has 0 radical (unpaired) electrons. The molecule has 1 aliphatic carbocycles. The van der Waals surface area contributed by atoms with Crippen molar-refractivity contribution in [2.24, 2.45) is 13.0 Å². The number of hydrogen-bond acceptors (Lipinski definition) is 3. The highest BCUT2D eigenvalue weighted by Crippen LogP contribution is 2.41. The number of nitrogens with zero attached hydrogens (tertiary/aromatic N) is 3. The Morgan fingerprint density at radius 2 is 2.30 bits per heavy atom. The van der Waals surface area contributed by atoms with Crippen LogP contribution in [0, 0.1) is 12.8 Å². The minimum absolute atomic E-state index is 0.00130. The second kappa shape index (κ2) is 5.07. The molecule has 2 aromatic heterocycles. The van der Waals surface area contributed by atoms with Crippen LogP contribution in [0.4, 0.5) is 0 Å². The lowest BCUT2D eigenvalue weighted by Gasteiger charge is -2.19. The quantitative estimate of drug-likeness (QED) is 0.924. The van der Waals surface area contributed by atoms with Crippen molar-refractivity contribution in [3.8, 4) is 0 Å². The van der Waals surface area contributed by atoms with Crippen LogP contribution in [0.2, 0.25) is 0 Å². The van der Waals surface area contributed by atoms with Crippen LogP contribution < -0.4 is 5.32 Å². The number of carbonyl (C=O) groups excluding carboxylic acids is 1. The zero-order valence-electron chi connectivity index (χ0n) is 11.7. The van der Waals surface area contributed by atoms with E-state index in [4.69, 9.17) is 0 Å². The van der Waals surface area contributed by atoms with Crippen LogP contribution in [-0.4, -0.2) is 20.4 Å². The minimum Gasteiger partial charge on any atom is -0.342 e. The third-order valence-electron chi connectivity index (χ3n) is 3.77. The molecule has 1 aliphatic rings. The number of hydrogen-bond donors (Lipinski definition) is 1. The Bertz CT molecular complexity index is 630. The molecular weight excluding hydrogens is 252 g/mol. The third kappa shape index (κ3) is 2.43. The zero-order chi connectivity index (χ0) is 14.1. The molecule has 0 spiro atoms. The SMILES string of the molecule is Cc1cccnc1[C@@H](NC(=O)c1cncn1C)C1CC1. The van der Waals surface area contributed by atoms with Gasteiger partial charge in [0.1, 0.15) is 5.69 Å². The molecule has 2 aromatic rings. The molecule has 0 unspecified atom stereocenters. The molecule has 5 nitrogen and oxygen atoms in total. The van der Waals surface area contributed by atoms with E-state index < -0.39 is 0 Å². The maximum atomic E-state index is 12.4. The Kier molecular flexibility index (Phi) is 3.26. The monoisotopic (exact) mass is 270 g/mol. The van der Waals surface area contributed by atoms with Gasteiger partial charge in [-0.05, 0) is 37.3 Å². The molecule has 104 valence electrons. The third-order valence-corrected chi connectivity index (χ3v) is 3.77. The van der Waals surface area contributed by atoms with E-state index >= 15 is 0 Å². The number of pyridine rings is 1. The zero-order valence-corrected chi connectivity index (χ0v) is 11.7. The van der Waals surface area contributed by atoms with E-state index in [0.717, 1.165) is 24.1 Å². The lowest BCUT2D eigenvalue weighted by atomic mass is 10.0. The predicted octanol–water partition coefficient (Wildman–Crippen LogP) is 2.00. The number of nitrogens with one attached hydrogen (secondary N) is 1. The first kappa shape index (κ1) is 12.8. The lowest BCUT2D eigenvalue weighted by Crippen LogP contribution is -2.32. The van der Waals surface area contributed by atoms with E-state index in [1.165, 1.54) is 0 Å². The molecule has 0 aliphatic heterocycles. The van der Waals surface area contributed by atoms with Gasteiger partial charge in [-0.1, -0.05) is 6.07 Å². The van der Waals surface area contributed by atoms with Crippen molar-refractivity contribution in [2.45, 2.75) is 25.8 Å². The molecule has 2 heterocycles. The summed E-state index contributed by atoms with van der Waals surface area (Å²) in [5, 5.41) is 3.12. The number of aromatic nitrogens is 3. The number of rotatable bonds is 4. The average Bonchev–Trinajstić information content (AvgIpc) is 3.18. The van der Waals surface area contributed by atoms with Crippen LogP contribution in [0.3, 0.4) is 0 Å². The molecular formula is C15H18N4O. The molecule has 20 heavy (non-hydrogen) atoms. The van der Waals surface area contributed by atoms with Crippen molar-refractivity contribution in [3.05, 3.63) is 47.8 Å². The van der Waals surface area contributed by atoms with Crippen molar-refractivity contribution in [1.29, 1.82) is 0 Å². The topological polar surface area (TPSA) is 59.8 Å². The van der Waals surface area contributed by atoms with Crippen molar-refractivity contribution in [3.63, 3.8) is 0 Å². The van der Waals surface area contributed by atoms with Crippen molar-refractivity contribution in [2.75, 3.05) is 0 Å². The lowest BCUT2D eigenvalue weighted by molar-refractivity contribution is 0.0922. The average molecular weight is 270 g/mol. The van der Waals surface area contributed by atoms with E-state index in [1.54, 1.807) is 23.3 Å². The van der Waals surface area contributed by atoms with Crippen molar-refractivity contribution in [1.82, 2.24) is 19.9 Å². The Balaban J connectivity index is 1.84. The van der Waals surface area contributed by atoms with Crippen LogP contribution in [0.25, 0.3) is 0 Å². The molecule has 5 heteroatoms. The minimum atomic E-state index is -0.0908. The number of amides is 1. The molecule has 1 N–H and O–H groups in total. The smallest absolute Gasteiger partial charge is 0.270 e. The Morgan fingerprint density at radius 1 is 1.50 bits per heavy atom. The fourth-order valence-electron chi connectivity index (χ4n) is 2.45. The van der Waals surface area contributed by atoms with Gasteiger partial charge in [0.05, 0.1) is 24.3 Å². The molecule has 0 bridgehead atoms. The summed E-state index contributed by atoms with van der Waals surface area (Å²) in [6.07, 6.45) is 7.30. The van der Waals surface area contributed by atoms with E-state index in [2.05, 4.69) is 15.3 Å². The van der Waals surface area contributed by atoms with Gasteiger partial charge in [-0.3, -0.25) is 9.78 Å². The van der Waals surface area contributed by atoms with E-state index in [9.17, 15) is 4.79 Å². The maximum Gasteiger partial charge on any atom is 0.270 e. The first-order valence-electron chi connectivity index (χ1n) is 6.85. The summed E-state index contributed by atoms with van der Waals surface area (Å²) in [5.74, 6) is 0.410. The second-order valence-corrected chi connectivity index (χ2v) is 5.38. The molecule has 1 atom stereocenters. The maximum absolute atomic E-state index is 12.4. The van der Waals surface area contributed by atoms with E-state index in [-0.39, 0.29) is 11.9 Å². The molecule has 1 amide bonds. The van der Waals surface area contributed by atoms with E-state index in [0.29, 0.717) is 11.6 Å². The molecule has 0 saturated heterocycles. The van der Waals surface area contributed by atoms with Gasteiger partial charge >= 0.3 is 0 Å². The summed E-state index contributed by atoms with van der Waals surface area (Å²) in [6, 6.07) is 3.96. The first-order valence-corrected chi connectivity index (χ1v) is 6.85. The van der Waals surface area contributed by atoms with Crippen LogP contribution in [0.15, 0.2) is 30.9 Å². The van der Waals surface area contributed by atoms with Gasteiger partial charge in [0, 0.05) is 13.2 Å². The molecule has 3 rings (SSSR count). The van der Waals surface area contributed by atoms with Crippen LogP contribution in [-0.2, 0) is 7.05 Å². The summed E-state index contributed by atoms with van der Waals surface area (Å²) in [6.45, 7) is 2.04. The Labute approximate surface area is 118 Å². The first-order chi connectivity index (χ1) is 9.66. The van der Waals surface area contributed by atoms with Crippen LogP contribution in [0.5, 0.6) is 0 Å². The number of imidazole rings is 1. The van der Waals surface area contributed by atoms with Gasteiger partial charge in [-0.2, -0.15) is 0 Å². The largest absolute Gasteiger partial charge is 0.342 e. The summed E-state index contributed by atoms with van der Waals surface area (Å²) in [4.78, 5) is 20.8. The number of carbonyl (C=O) groups is 1. The fraction of sp³-hybridized carbons (Fsp3) is 0.400. The van der Waals surface area contributed by atoms with Gasteiger partial charge < -0.3 is 9.88 Å². The summed E-state index contributed by atoms with van der Waals surface area (Å²) in [5.41, 5.74) is 2.67. The van der Waals surface area contributed by atoms with Gasteiger partial charge in [0.2, 0.25) is 0 Å². The second-order valence-electron chi connectivity index (χ2n) is 5.38. The van der Waals surface area contributed by atoms with Crippen molar-refractivity contribution >= 4 is 5.91 Å². The fourth-order valence-corrected chi connectivity index (χ4v) is 2.45.